The summed E-state index contributed by atoms with van der Waals surface area (Å²) in [5.74, 6) is 0.478. The van der Waals surface area contributed by atoms with E-state index in [9.17, 15) is 9.59 Å². The third-order valence-corrected chi connectivity index (χ3v) is 4.75. The van der Waals surface area contributed by atoms with Gasteiger partial charge in [0.2, 0.25) is 5.91 Å². The van der Waals surface area contributed by atoms with Crippen molar-refractivity contribution in [2.24, 2.45) is 5.92 Å². The second-order valence-electron chi connectivity index (χ2n) is 5.91. The van der Waals surface area contributed by atoms with Gasteiger partial charge in [-0.2, -0.15) is 0 Å². The molecule has 7 heteroatoms. The molecule has 1 heterocycles. The Morgan fingerprint density at radius 2 is 2.00 bits per heavy atom. The highest BCUT2D eigenvalue weighted by atomic mass is 79.9. The van der Waals surface area contributed by atoms with Crippen LogP contribution in [0.3, 0.4) is 0 Å². The van der Waals surface area contributed by atoms with E-state index in [1.807, 2.05) is 18.0 Å². The van der Waals surface area contributed by atoms with Crippen LogP contribution in [0.25, 0.3) is 0 Å². The molecule has 2 N–H and O–H groups in total. The van der Waals surface area contributed by atoms with Crippen molar-refractivity contribution >= 4 is 40.2 Å². The Morgan fingerprint density at radius 1 is 1.29 bits per heavy atom. The minimum absolute atomic E-state index is 0. The van der Waals surface area contributed by atoms with Gasteiger partial charge < -0.3 is 15.5 Å². The molecule has 0 radical (unpaired) electrons. The molecule has 1 fully saturated rings. The molecule has 1 aromatic carbocycles. The summed E-state index contributed by atoms with van der Waals surface area (Å²) in [5, 5.41) is 5.88. The minimum Gasteiger partial charge on any atom is -0.343 e. The van der Waals surface area contributed by atoms with Gasteiger partial charge in [-0.05, 0) is 57.0 Å². The fourth-order valence-electron chi connectivity index (χ4n) is 2.82. The van der Waals surface area contributed by atoms with Crippen LogP contribution in [0, 0.1) is 5.92 Å². The Morgan fingerprint density at radius 3 is 2.62 bits per heavy atom. The van der Waals surface area contributed by atoms with Gasteiger partial charge in [0, 0.05) is 23.1 Å². The third kappa shape index (κ3) is 6.42. The lowest BCUT2D eigenvalue weighted by molar-refractivity contribution is -0.131. The molecule has 1 aliphatic heterocycles. The molecule has 24 heavy (non-hydrogen) atoms. The number of nitrogens with one attached hydrogen (secondary N) is 2. The average Bonchev–Trinajstić information content (AvgIpc) is 2.58. The van der Waals surface area contributed by atoms with Crippen molar-refractivity contribution in [1.82, 2.24) is 15.5 Å². The first-order valence-electron chi connectivity index (χ1n) is 8.06. The smallest absolute Gasteiger partial charge is 0.251 e. The number of halogens is 2. The van der Waals surface area contributed by atoms with Crippen LogP contribution in [0.15, 0.2) is 28.7 Å². The first-order chi connectivity index (χ1) is 11.1. The quantitative estimate of drug-likeness (QED) is 0.746. The van der Waals surface area contributed by atoms with Crippen LogP contribution in [0.5, 0.6) is 0 Å². The van der Waals surface area contributed by atoms with Crippen molar-refractivity contribution < 1.29 is 9.59 Å². The third-order valence-electron chi connectivity index (χ3n) is 4.26. The fraction of sp³-hybridized carbons (Fsp3) is 0.529. The molecule has 1 saturated heterocycles. The van der Waals surface area contributed by atoms with E-state index < -0.39 is 0 Å². The van der Waals surface area contributed by atoms with Gasteiger partial charge in [0.1, 0.15) is 0 Å². The molecule has 134 valence electrons. The lowest BCUT2D eigenvalue weighted by atomic mass is 9.93. The first kappa shape index (κ1) is 20.9. The number of hydrogen-bond acceptors (Lipinski definition) is 3. The van der Waals surface area contributed by atoms with Gasteiger partial charge in [-0.1, -0.05) is 22.0 Å². The van der Waals surface area contributed by atoms with Crippen LogP contribution in [0.4, 0.5) is 0 Å². The standard InChI is InChI=1S/C17H24BrN3O2.ClH/c1-19-8-5-13-6-9-21(10-7-13)16(22)12-20-17(23)14-3-2-4-15(18)11-14;/h2-4,11,13,19H,5-10,12H2,1H3,(H,20,23);1H. The molecule has 0 saturated carbocycles. The van der Waals surface area contributed by atoms with E-state index in [0.717, 1.165) is 43.4 Å². The second kappa shape index (κ2) is 10.7. The van der Waals surface area contributed by atoms with Crippen molar-refractivity contribution in [3.8, 4) is 0 Å². The molecule has 0 spiro atoms. The van der Waals surface area contributed by atoms with E-state index in [1.54, 1.807) is 18.2 Å². The highest BCUT2D eigenvalue weighted by molar-refractivity contribution is 9.10. The highest BCUT2D eigenvalue weighted by Crippen LogP contribution is 2.19. The van der Waals surface area contributed by atoms with Gasteiger partial charge in [0.05, 0.1) is 6.54 Å². The monoisotopic (exact) mass is 417 g/mol. The number of carbonyl (C=O) groups is 2. The largest absolute Gasteiger partial charge is 0.343 e. The minimum atomic E-state index is -0.219. The Balaban J connectivity index is 0.00000288. The van der Waals surface area contributed by atoms with Gasteiger partial charge in [0.25, 0.3) is 5.91 Å². The van der Waals surface area contributed by atoms with Gasteiger partial charge in [-0.3, -0.25) is 9.59 Å². The molecular weight excluding hydrogens is 394 g/mol. The maximum atomic E-state index is 12.2. The van der Waals surface area contributed by atoms with E-state index in [4.69, 9.17) is 0 Å². The van der Waals surface area contributed by atoms with E-state index in [2.05, 4.69) is 26.6 Å². The summed E-state index contributed by atoms with van der Waals surface area (Å²) in [6.45, 7) is 2.67. The molecule has 0 aromatic heterocycles. The Kier molecular flexibility index (Phi) is 9.33. The van der Waals surface area contributed by atoms with E-state index in [0.29, 0.717) is 11.5 Å². The summed E-state index contributed by atoms with van der Waals surface area (Å²) in [6.07, 6.45) is 3.26. The van der Waals surface area contributed by atoms with Crippen LogP contribution in [-0.4, -0.2) is 49.9 Å². The van der Waals surface area contributed by atoms with Gasteiger partial charge in [-0.25, -0.2) is 0 Å². The van der Waals surface area contributed by atoms with Crippen LogP contribution in [-0.2, 0) is 4.79 Å². The number of nitrogens with zero attached hydrogens (tertiary/aromatic N) is 1. The summed E-state index contributed by atoms with van der Waals surface area (Å²) < 4.78 is 0.847. The van der Waals surface area contributed by atoms with Crippen LogP contribution in [0.2, 0.25) is 0 Å². The average molecular weight is 419 g/mol. The number of amides is 2. The first-order valence-corrected chi connectivity index (χ1v) is 8.85. The predicted octanol–water partition coefficient (Wildman–Crippen LogP) is 2.45. The van der Waals surface area contributed by atoms with Gasteiger partial charge >= 0.3 is 0 Å². The number of likely N-dealkylation sites (tertiary alicyclic amines) is 1. The van der Waals surface area contributed by atoms with Gasteiger partial charge in [0.15, 0.2) is 0 Å². The number of rotatable bonds is 6. The van der Waals surface area contributed by atoms with Crippen molar-refractivity contribution in [2.45, 2.75) is 19.3 Å². The van der Waals surface area contributed by atoms with Crippen LogP contribution >= 0.6 is 28.3 Å². The molecule has 2 rings (SSSR count). The molecule has 2 amide bonds. The lowest BCUT2D eigenvalue weighted by Crippen LogP contribution is -2.44. The molecule has 5 nitrogen and oxygen atoms in total. The maximum absolute atomic E-state index is 12.2. The lowest BCUT2D eigenvalue weighted by Gasteiger charge is -2.32. The second-order valence-corrected chi connectivity index (χ2v) is 6.83. The zero-order valence-corrected chi connectivity index (χ0v) is 16.3. The topological polar surface area (TPSA) is 61.4 Å². The molecular formula is C17H25BrClN3O2. The number of carbonyl (C=O) groups excluding carboxylic acids is 2. The van der Waals surface area contributed by atoms with Crippen LogP contribution < -0.4 is 10.6 Å². The fourth-order valence-corrected chi connectivity index (χ4v) is 3.22. The normalized spacial score (nSPS) is 14.8. The van der Waals surface area contributed by atoms with E-state index in [1.165, 1.54) is 0 Å². The Bertz CT molecular complexity index is 548. The number of piperidine rings is 1. The molecule has 0 bridgehead atoms. The summed E-state index contributed by atoms with van der Waals surface area (Å²) in [4.78, 5) is 26.1. The zero-order chi connectivity index (χ0) is 16.7. The molecule has 0 unspecified atom stereocenters. The summed E-state index contributed by atoms with van der Waals surface area (Å²) in [7, 11) is 1.96. The van der Waals surface area contributed by atoms with E-state index in [-0.39, 0.29) is 30.8 Å². The van der Waals surface area contributed by atoms with Crippen molar-refractivity contribution in [3.63, 3.8) is 0 Å². The van der Waals surface area contributed by atoms with Gasteiger partial charge in [-0.15, -0.1) is 12.4 Å². The summed E-state index contributed by atoms with van der Waals surface area (Å²) in [6, 6.07) is 7.14. The maximum Gasteiger partial charge on any atom is 0.251 e. The van der Waals surface area contributed by atoms with Crippen molar-refractivity contribution in [2.75, 3.05) is 33.2 Å². The Hall–Kier alpha value is -1.11. The Labute approximate surface area is 158 Å². The molecule has 0 atom stereocenters. The SMILES string of the molecule is CNCCC1CCN(C(=O)CNC(=O)c2cccc(Br)c2)CC1.Cl. The summed E-state index contributed by atoms with van der Waals surface area (Å²) >= 11 is 3.34. The highest BCUT2D eigenvalue weighted by Gasteiger charge is 2.22. The molecule has 1 aliphatic rings. The summed E-state index contributed by atoms with van der Waals surface area (Å²) in [5.41, 5.74) is 0.554. The predicted molar refractivity (Wildman–Crippen MR) is 102 cm³/mol. The number of hydrogen-bond donors (Lipinski definition) is 2. The molecule has 1 aromatic rings. The zero-order valence-electron chi connectivity index (χ0n) is 13.9. The van der Waals surface area contributed by atoms with Crippen molar-refractivity contribution in [1.29, 1.82) is 0 Å². The number of benzene rings is 1. The van der Waals surface area contributed by atoms with Crippen LogP contribution in [0.1, 0.15) is 29.6 Å². The van der Waals surface area contributed by atoms with E-state index >= 15 is 0 Å². The van der Waals surface area contributed by atoms with Crippen molar-refractivity contribution in [3.05, 3.63) is 34.3 Å². The molecule has 0 aliphatic carbocycles.